The molecule has 36 nitrogen and oxygen atoms in total. The van der Waals surface area contributed by atoms with E-state index in [1.54, 1.807) is 12.1 Å². The van der Waals surface area contributed by atoms with Gasteiger partial charge in [-0.05, 0) is 31.5 Å². The van der Waals surface area contributed by atoms with E-state index in [1.165, 1.54) is 58.3 Å². The van der Waals surface area contributed by atoms with Crippen LogP contribution in [0.2, 0.25) is 0 Å². The summed E-state index contributed by atoms with van der Waals surface area (Å²) in [5.41, 5.74) is 0.0622. The number of carbonyl (C=O) groups is 5. The van der Waals surface area contributed by atoms with Crippen LogP contribution in [0.3, 0.4) is 0 Å². The molecule has 0 aliphatic carbocycles. The van der Waals surface area contributed by atoms with Gasteiger partial charge in [-0.2, -0.15) is 0 Å². The second kappa shape index (κ2) is 38.8. The van der Waals surface area contributed by atoms with Gasteiger partial charge in [0.2, 0.25) is 23.6 Å². The van der Waals surface area contributed by atoms with E-state index in [1.807, 2.05) is 0 Å². The first-order valence-corrected chi connectivity index (χ1v) is 33.6. The minimum atomic E-state index is -2.06. The van der Waals surface area contributed by atoms with E-state index in [4.69, 9.17) is 61.6 Å². The third-order valence-corrected chi connectivity index (χ3v) is 18.2. The van der Waals surface area contributed by atoms with Crippen LogP contribution in [0.5, 0.6) is 5.75 Å². The van der Waals surface area contributed by atoms with Crippen LogP contribution in [-0.4, -0.2) is 327 Å². The second-order valence-electron chi connectivity index (χ2n) is 25.6. The van der Waals surface area contributed by atoms with Gasteiger partial charge in [0, 0.05) is 40.4 Å². The number of nitrogens with one attached hydrogen (secondary N) is 5. The van der Waals surface area contributed by atoms with Crippen molar-refractivity contribution < 1.29 is 152 Å². The zero-order chi connectivity index (χ0) is 72.5. The maximum Gasteiger partial charge on any atom is 0.251 e. The Labute approximate surface area is 572 Å². The molecule has 6 heterocycles. The second-order valence-corrected chi connectivity index (χ2v) is 25.6. The van der Waals surface area contributed by atoms with Gasteiger partial charge in [-0.1, -0.05) is 64.4 Å². The van der Waals surface area contributed by atoms with Crippen molar-refractivity contribution in [3.63, 3.8) is 0 Å². The number of aliphatic hydroxyl groups is 13. The average molecular weight is 1430 g/mol. The summed E-state index contributed by atoms with van der Waals surface area (Å²) in [4.78, 5) is 65.1. The molecule has 6 aliphatic rings. The summed E-state index contributed by atoms with van der Waals surface area (Å²) >= 11 is 0. The fraction of sp³-hybridized carbons (Fsp3) is 0.825. The van der Waals surface area contributed by atoms with E-state index in [2.05, 4.69) is 33.5 Å². The van der Waals surface area contributed by atoms with E-state index in [0.29, 0.717) is 12.4 Å². The largest absolute Gasteiger partial charge is 0.494 e. The normalized spacial score (nSPS) is 39.5. The summed E-state index contributed by atoms with van der Waals surface area (Å²) < 4.78 is 78.0. The number of carbonyl (C=O) groups excluding carboxylic acids is 5. The molecule has 99 heavy (non-hydrogen) atoms. The third-order valence-electron chi connectivity index (χ3n) is 18.2. The lowest BCUT2D eigenvalue weighted by atomic mass is 9.93. The molecule has 0 bridgehead atoms. The molecule has 5 amide bonds. The Morgan fingerprint density at radius 2 is 0.838 bits per heavy atom. The van der Waals surface area contributed by atoms with Crippen molar-refractivity contribution in [3.05, 3.63) is 29.8 Å². The molecular formula is C63H103N5O31. The topological polar surface area (TPSA) is 528 Å². The van der Waals surface area contributed by atoms with Crippen LogP contribution in [0.15, 0.2) is 24.3 Å². The molecule has 1 aromatic carbocycles. The Bertz CT molecular complexity index is 2680. The van der Waals surface area contributed by atoms with Gasteiger partial charge in [0.15, 0.2) is 37.7 Å². The van der Waals surface area contributed by atoms with Gasteiger partial charge in [-0.25, -0.2) is 0 Å². The summed E-state index contributed by atoms with van der Waals surface area (Å²) in [6.45, 7) is 3.61. The monoisotopic (exact) mass is 1430 g/mol. The van der Waals surface area contributed by atoms with Crippen LogP contribution < -0.4 is 31.3 Å². The number of benzene rings is 1. The number of hydrogen-bond donors (Lipinski definition) is 18. The number of hydrogen-bond acceptors (Lipinski definition) is 31. The van der Waals surface area contributed by atoms with Gasteiger partial charge in [0.1, 0.15) is 146 Å². The number of methoxy groups -OCH3 is 1. The summed E-state index contributed by atoms with van der Waals surface area (Å²) in [7, 11) is 1.21. The average Bonchev–Trinajstić information content (AvgIpc) is 0.767. The molecule has 18 N–H and O–H groups in total. The molecule has 0 spiro atoms. The molecule has 566 valence electrons. The number of amides is 5. The molecule has 6 fully saturated rings. The van der Waals surface area contributed by atoms with Crippen molar-refractivity contribution in [2.75, 3.05) is 46.8 Å². The summed E-state index contributed by atoms with van der Waals surface area (Å²) in [6.07, 6.45) is -33.4. The highest BCUT2D eigenvalue weighted by Crippen LogP contribution is 2.37. The number of aliphatic hydroxyl groups excluding tert-OH is 13. The van der Waals surface area contributed by atoms with Crippen LogP contribution in [0.25, 0.3) is 0 Å². The van der Waals surface area contributed by atoms with Crippen LogP contribution in [0.1, 0.15) is 110 Å². The van der Waals surface area contributed by atoms with Crippen LogP contribution in [0, 0.1) is 0 Å². The smallest absolute Gasteiger partial charge is 0.251 e. The SMILES string of the molecule is CCCCCCCCCCCOc1cccc(C(=O)N[C@H]2C(O)[C@H](O)C(CO)O[C@H]2O[C@H]2C(O)C(NC(C)=O)C(OC3C(CO)O[C@@H](O[C@H]4C(O)C(NC(C)=O)C(OC5C(CO[C@@H]6OC(C)C(O)[C@H](O)[C@H]6OC)OC(O)[C@@H](NC(C)=O)[C@@H]5O)O[C@H]4CO)[C@@H](NC(C)=O)[C@@H]3O)O[C@H]2CO)c1. The fourth-order valence-corrected chi connectivity index (χ4v) is 13.0. The summed E-state index contributed by atoms with van der Waals surface area (Å²) in [5, 5.41) is 159. The van der Waals surface area contributed by atoms with Crippen LogP contribution in [-0.2, 0) is 76.0 Å². The van der Waals surface area contributed by atoms with Gasteiger partial charge in [-0.15, -0.1) is 0 Å². The van der Waals surface area contributed by atoms with Gasteiger partial charge in [0.25, 0.3) is 5.91 Å². The predicted molar refractivity (Wildman–Crippen MR) is 333 cm³/mol. The quantitative estimate of drug-likeness (QED) is 0.0291. The Kier molecular flexibility index (Phi) is 32.0. The number of ether oxygens (including phenoxy) is 13. The van der Waals surface area contributed by atoms with Gasteiger partial charge < -0.3 is 155 Å². The lowest BCUT2D eigenvalue weighted by Crippen LogP contribution is -2.72. The van der Waals surface area contributed by atoms with E-state index in [-0.39, 0.29) is 5.56 Å². The van der Waals surface area contributed by atoms with Crippen LogP contribution in [0.4, 0.5) is 0 Å². The van der Waals surface area contributed by atoms with Crippen LogP contribution >= 0.6 is 0 Å². The maximum atomic E-state index is 14.0. The van der Waals surface area contributed by atoms with Crippen molar-refractivity contribution >= 4 is 29.5 Å². The minimum absolute atomic E-state index is 0.0622. The van der Waals surface area contributed by atoms with Crippen molar-refractivity contribution in [1.82, 2.24) is 26.6 Å². The zero-order valence-corrected chi connectivity index (χ0v) is 56.4. The predicted octanol–water partition coefficient (Wildman–Crippen LogP) is -6.50. The molecule has 6 saturated heterocycles. The first kappa shape index (κ1) is 81.7. The lowest BCUT2D eigenvalue weighted by molar-refractivity contribution is -0.368. The Balaban J connectivity index is 1.07. The third kappa shape index (κ3) is 21.1. The zero-order valence-electron chi connectivity index (χ0n) is 56.4. The molecule has 6 aliphatic heterocycles. The lowest BCUT2D eigenvalue weighted by Gasteiger charge is -2.51. The first-order valence-electron chi connectivity index (χ1n) is 33.6. The number of unbranched alkanes of at least 4 members (excludes halogenated alkanes) is 8. The Morgan fingerprint density at radius 3 is 1.27 bits per heavy atom. The summed E-state index contributed by atoms with van der Waals surface area (Å²) in [5.74, 6) is -3.63. The van der Waals surface area contributed by atoms with Gasteiger partial charge in [0.05, 0.1) is 45.7 Å². The molecule has 1 aromatic rings. The maximum absolute atomic E-state index is 14.0. The highest BCUT2D eigenvalue weighted by Gasteiger charge is 2.58. The van der Waals surface area contributed by atoms with E-state index >= 15 is 0 Å². The van der Waals surface area contributed by atoms with Crippen molar-refractivity contribution in [3.8, 4) is 5.75 Å². The molecule has 30 atom stereocenters. The van der Waals surface area contributed by atoms with Gasteiger partial charge >= 0.3 is 0 Å². The molecule has 36 heteroatoms. The number of rotatable bonds is 33. The molecule has 0 saturated carbocycles. The highest BCUT2D eigenvalue weighted by molar-refractivity contribution is 5.94. The Morgan fingerprint density at radius 1 is 0.434 bits per heavy atom. The van der Waals surface area contributed by atoms with Gasteiger partial charge in [-0.3, -0.25) is 24.0 Å². The van der Waals surface area contributed by atoms with Crippen molar-refractivity contribution in [1.29, 1.82) is 0 Å². The minimum Gasteiger partial charge on any atom is -0.494 e. The highest BCUT2D eigenvalue weighted by atomic mass is 16.8. The van der Waals surface area contributed by atoms with E-state index < -0.39 is 246 Å². The van der Waals surface area contributed by atoms with Crippen molar-refractivity contribution in [2.24, 2.45) is 0 Å². The van der Waals surface area contributed by atoms with Crippen molar-refractivity contribution in [2.45, 2.75) is 283 Å². The van der Waals surface area contributed by atoms with E-state index in [0.717, 1.165) is 53.4 Å². The molecule has 15 unspecified atom stereocenters. The molecule has 0 aromatic heterocycles. The molecule has 7 rings (SSSR count). The molecule has 0 radical (unpaired) electrons. The fourth-order valence-electron chi connectivity index (χ4n) is 13.0. The summed E-state index contributed by atoms with van der Waals surface area (Å²) in [6, 6.07) is -2.38. The first-order chi connectivity index (χ1) is 47.2. The standard InChI is InChI=1S/C63H103N5O31/c1-8-9-10-11-12-13-14-15-16-20-88-33-19-17-18-32(21-33)57(85)68-40-46(79)45(78)34(22-69)92-59(40)96-52-35(23-70)93-60(41(48(52)81)65-29(4)74)97-53-36(24-71)94-61(42(49(53)82)66-30(5)75)98-54-37(25-72)95-62(43(50(54)83)67-31(6)76)99-55-38(91-58(86)39(47(55)80)64-28(3)73)26-89-63-56(87-7)51(84)44(77)27(2)90-63/h17-19,21,27,34-56,58-63,69-72,77-84,86H,8-16,20,22-26H2,1-7H3,(H,64,73)(H,65,74)(H,66,75)(H,67,76)(H,68,85)/t27?,34?,35-,36?,37-,38?,39-,40-,41?,42-,43?,44?,45+,46?,47-,48?,49-,50?,51-,52+,53?,54+,55?,56+,58?,59-,60?,61-,62?,63+/m0/s1. The van der Waals surface area contributed by atoms with E-state index in [9.17, 15) is 90.4 Å². The molecular weight excluding hydrogens is 1320 g/mol. The Hall–Kier alpha value is -4.63.